The second kappa shape index (κ2) is 4.97. The zero-order valence-corrected chi connectivity index (χ0v) is 9.90. The number of rotatable bonds is 3. The van der Waals surface area contributed by atoms with E-state index >= 15 is 0 Å². The minimum atomic E-state index is -0.263. The van der Waals surface area contributed by atoms with Gasteiger partial charge in [0.05, 0.1) is 12.2 Å². The Morgan fingerprint density at radius 1 is 1.59 bits per heavy atom. The molecule has 0 aliphatic rings. The molecule has 0 aliphatic carbocycles. The Bertz CT molecular complexity index is 512. The predicted molar refractivity (Wildman–Crippen MR) is 63.7 cm³/mol. The molecule has 2 aromatic heterocycles. The van der Waals surface area contributed by atoms with Crippen molar-refractivity contribution in [1.29, 1.82) is 0 Å². The molecular weight excluding hydrogens is 240 g/mol. The van der Waals surface area contributed by atoms with Crippen LogP contribution in [0.3, 0.4) is 0 Å². The van der Waals surface area contributed by atoms with Gasteiger partial charge in [0.15, 0.2) is 0 Å². The van der Waals surface area contributed by atoms with E-state index in [2.05, 4.69) is 20.5 Å². The molecule has 2 N–H and O–H groups in total. The highest BCUT2D eigenvalue weighted by Gasteiger charge is 2.13. The first-order chi connectivity index (χ1) is 8.16. The largest absolute Gasteiger partial charge is 0.344 e. The number of H-pyrrole nitrogens is 1. The molecule has 1 unspecified atom stereocenters. The van der Waals surface area contributed by atoms with E-state index in [1.807, 2.05) is 6.92 Å². The second-order valence-electron chi connectivity index (χ2n) is 3.59. The SMILES string of the molecule is CC(NC(=O)c1cc(Cl)ccn1)c1cn[nH]c1. The molecule has 1 atom stereocenters. The first kappa shape index (κ1) is 11.6. The Morgan fingerprint density at radius 2 is 2.41 bits per heavy atom. The monoisotopic (exact) mass is 250 g/mol. The van der Waals surface area contributed by atoms with E-state index < -0.39 is 0 Å². The highest BCUT2D eigenvalue weighted by atomic mass is 35.5. The maximum atomic E-state index is 11.8. The Kier molecular flexibility index (Phi) is 3.39. The molecule has 2 rings (SSSR count). The van der Waals surface area contributed by atoms with Crippen LogP contribution in [0.5, 0.6) is 0 Å². The number of aromatic nitrogens is 3. The summed E-state index contributed by atoms with van der Waals surface area (Å²) in [7, 11) is 0. The highest BCUT2D eigenvalue weighted by Crippen LogP contribution is 2.12. The summed E-state index contributed by atoms with van der Waals surface area (Å²) in [6.45, 7) is 1.87. The lowest BCUT2D eigenvalue weighted by molar-refractivity contribution is 0.0935. The van der Waals surface area contributed by atoms with Crippen LogP contribution >= 0.6 is 11.6 Å². The molecule has 88 valence electrons. The first-order valence-electron chi connectivity index (χ1n) is 5.08. The van der Waals surface area contributed by atoms with Crippen LogP contribution in [-0.4, -0.2) is 21.1 Å². The standard InChI is InChI=1S/C11H11ClN4O/c1-7(8-5-14-15-6-8)16-11(17)10-4-9(12)2-3-13-10/h2-7H,1H3,(H,14,15)(H,16,17). The topological polar surface area (TPSA) is 70.7 Å². The number of amides is 1. The van der Waals surface area contributed by atoms with E-state index in [4.69, 9.17) is 11.6 Å². The molecule has 2 heterocycles. The van der Waals surface area contributed by atoms with Crippen LogP contribution in [0.4, 0.5) is 0 Å². The summed E-state index contributed by atoms with van der Waals surface area (Å²) in [4.78, 5) is 15.8. The summed E-state index contributed by atoms with van der Waals surface area (Å²) >= 11 is 5.79. The molecule has 0 fully saturated rings. The number of pyridine rings is 1. The Labute approximate surface area is 103 Å². The van der Waals surface area contributed by atoms with Crippen molar-refractivity contribution in [3.8, 4) is 0 Å². The fourth-order valence-electron chi connectivity index (χ4n) is 1.38. The van der Waals surface area contributed by atoms with E-state index in [1.54, 1.807) is 18.5 Å². The summed E-state index contributed by atoms with van der Waals surface area (Å²) in [5.41, 5.74) is 1.20. The van der Waals surface area contributed by atoms with Crippen molar-refractivity contribution in [2.75, 3.05) is 0 Å². The highest BCUT2D eigenvalue weighted by molar-refractivity contribution is 6.30. The lowest BCUT2D eigenvalue weighted by Gasteiger charge is -2.11. The molecule has 0 aliphatic heterocycles. The maximum Gasteiger partial charge on any atom is 0.270 e. The molecule has 0 bridgehead atoms. The molecule has 6 heteroatoms. The van der Waals surface area contributed by atoms with Gasteiger partial charge in [0.2, 0.25) is 0 Å². The van der Waals surface area contributed by atoms with E-state index in [-0.39, 0.29) is 11.9 Å². The summed E-state index contributed by atoms with van der Waals surface area (Å²) < 4.78 is 0. The third-order valence-corrected chi connectivity index (χ3v) is 2.56. The van der Waals surface area contributed by atoms with Gasteiger partial charge in [0.25, 0.3) is 5.91 Å². The molecule has 2 aromatic rings. The number of hydrogen-bond donors (Lipinski definition) is 2. The van der Waals surface area contributed by atoms with Crippen molar-refractivity contribution in [3.05, 3.63) is 47.0 Å². The first-order valence-corrected chi connectivity index (χ1v) is 5.45. The number of halogens is 1. The van der Waals surface area contributed by atoms with Gasteiger partial charge in [-0.2, -0.15) is 5.10 Å². The van der Waals surface area contributed by atoms with Crippen molar-refractivity contribution in [2.45, 2.75) is 13.0 Å². The third kappa shape index (κ3) is 2.82. The lowest BCUT2D eigenvalue weighted by Crippen LogP contribution is -2.27. The van der Waals surface area contributed by atoms with Crippen molar-refractivity contribution in [1.82, 2.24) is 20.5 Å². The molecule has 0 aromatic carbocycles. The normalized spacial score (nSPS) is 12.1. The smallest absolute Gasteiger partial charge is 0.270 e. The van der Waals surface area contributed by atoms with Gasteiger partial charge < -0.3 is 5.32 Å². The van der Waals surface area contributed by atoms with Crippen LogP contribution in [0.1, 0.15) is 29.0 Å². The minimum Gasteiger partial charge on any atom is -0.344 e. The predicted octanol–water partition coefficient (Wildman–Crippen LogP) is 1.95. The van der Waals surface area contributed by atoms with Gasteiger partial charge >= 0.3 is 0 Å². The molecule has 0 spiro atoms. The van der Waals surface area contributed by atoms with E-state index in [1.165, 1.54) is 12.3 Å². The minimum absolute atomic E-state index is 0.137. The van der Waals surface area contributed by atoms with E-state index in [0.717, 1.165) is 5.56 Å². The number of carbonyl (C=O) groups excluding carboxylic acids is 1. The van der Waals surface area contributed by atoms with Gasteiger partial charge in [0, 0.05) is 23.0 Å². The molecule has 5 nitrogen and oxygen atoms in total. The van der Waals surface area contributed by atoms with Crippen LogP contribution in [0.25, 0.3) is 0 Å². The molecule has 17 heavy (non-hydrogen) atoms. The number of hydrogen-bond acceptors (Lipinski definition) is 3. The van der Waals surface area contributed by atoms with Gasteiger partial charge in [-0.3, -0.25) is 14.9 Å². The number of carbonyl (C=O) groups is 1. The van der Waals surface area contributed by atoms with Crippen molar-refractivity contribution in [2.24, 2.45) is 0 Å². The average Bonchev–Trinajstić information content (AvgIpc) is 2.82. The molecular formula is C11H11ClN4O. The molecule has 0 saturated carbocycles. The fraction of sp³-hybridized carbons (Fsp3) is 0.182. The van der Waals surface area contributed by atoms with Gasteiger partial charge in [-0.25, -0.2) is 0 Å². The Hall–Kier alpha value is -1.88. The van der Waals surface area contributed by atoms with E-state index in [0.29, 0.717) is 10.7 Å². The zero-order chi connectivity index (χ0) is 12.3. The van der Waals surface area contributed by atoms with Crippen molar-refractivity contribution >= 4 is 17.5 Å². The maximum absolute atomic E-state index is 11.8. The summed E-state index contributed by atoms with van der Waals surface area (Å²) in [5.74, 6) is -0.263. The number of nitrogens with zero attached hydrogens (tertiary/aromatic N) is 2. The van der Waals surface area contributed by atoms with Crippen LogP contribution < -0.4 is 5.32 Å². The third-order valence-electron chi connectivity index (χ3n) is 2.32. The van der Waals surface area contributed by atoms with Crippen LogP contribution in [0.15, 0.2) is 30.7 Å². The molecule has 1 amide bonds. The quantitative estimate of drug-likeness (QED) is 0.875. The van der Waals surface area contributed by atoms with Crippen molar-refractivity contribution in [3.63, 3.8) is 0 Å². The number of nitrogens with one attached hydrogen (secondary N) is 2. The zero-order valence-electron chi connectivity index (χ0n) is 9.14. The summed E-state index contributed by atoms with van der Waals surface area (Å²) in [5, 5.41) is 9.81. The Morgan fingerprint density at radius 3 is 3.06 bits per heavy atom. The van der Waals surface area contributed by atoms with Gasteiger partial charge in [-0.1, -0.05) is 11.6 Å². The second-order valence-corrected chi connectivity index (χ2v) is 4.02. The van der Waals surface area contributed by atoms with E-state index in [9.17, 15) is 4.79 Å². The van der Waals surface area contributed by atoms with Crippen LogP contribution in [0, 0.1) is 0 Å². The molecule has 0 saturated heterocycles. The fourth-order valence-corrected chi connectivity index (χ4v) is 1.54. The average molecular weight is 251 g/mol. The summed E-state index contributed by atoms with van der Waals surface area (Å²) in [6, 6.07) is 3.01. The summed E-state index contributed by atoms with van der Waals surface area (Å²) in [6.07, 6.45) is 4.90. The van der Waals surface area contributed by atoms with Crippen molar-refractivity contribution < 1.29 is 4.79 Å². The Balaban J connectivity index is 2.07. The van der Waals surface area contributed by atoms with Crippen LogP contribution in [-0.2, 0) is 0 Å². The van der Waals surface area contributed by atoms with Gasteiger partial charge in [0.1, 0.15) is 5.69 Å². The van der Waals surface area contributed by atoms with Gasteiger partial charge in [-0.05, 0) is 19.1 Å². The number of aromatic amines is 1. The molecule has 0 radical (unpaired) electrons. The lowest BCUT2D eigenvalue weighted by atomic mass is 10.2. The van der Waals surface area contributed by atoms with Crippen LogP contribution in [0.2, 0.25) is 5.02 Å². The van der Waals surface area contributed by atoms with Gasteiger partial charge in [-0.15, -0.1) is 0 Å².